The Labute approximate surface area is 132 Å². The van der Waals surface area contributed by atoms with Crippen LogP contribution >= 0.6 is 0 Å². The first-order chi connectivity index (χ1) is 10.5. The van der Waals surface area contributed by atoms with Crippen LogP contribution in [0, 0.1) is 0 Å². The van der Waals surface area contributed by atoms with Crippen molar-refractivity contribution in [3.8, 4) is 0 Å². The van der Waals surface area contributed by atoms with Crippen LogP contribution in [0.25, 0.3) is 6.08 Å². The summed E-state index contributed by atoms with van der Waals surface area (Å²) in [5, 5.41) is 0. The van der Waals surface area contributed by atoms with E-state index in [9.17, 15) is 4.79 Å². The Bertz CT molecular complexity index is 627. The number of aromatic nitrogens is 1. The molecule has 3 heteroatoms. The third-order valence-electron chi connectivity index (χ3n) is 3.34. The summed E-state index contributed by atoms with van der Waals surface area (Å²) >= 11 is 0. The Balaban J connectivity index is 2.15. The number of nitrogens with zero attached hydrogens (tertiary/aromatic N) is 2. The minimum atomic E-state index is -0.268. The summed E-state index contributed by atoms with van der Waals surface area (Å²) in [7, 11) is 0. The van der Waals surface area contributed by atoms with Crippen LogP contribution in [0.15, 0.2) is 60.8 Å². The van der Waals surface area contributed by atoms with Gasteiger partial charge in [-0.25, -0.2) is 0 Å². The monoisotopic (exact) mass is 294 g/mol. The lowest BCUT2D eigenvalue weighted by Crippen LogP contribution is -2.44. The fourth-order valence-electron chi connectivity index (χ4n) is 2.12. The SMILES string of the molecule is CC(C)(C)N(Cc1ccccn1)C(=O)/C=C/c1ccccc1. The topological polar surface area (TPSA) is 33.2 Å². The van der Waals surface area contributed by atoms with Crippen molar-refractivity contribution >= 4 is 12.0 Å². The maximum absolute atomic E-state index is 12.6. The van der Waals surface area contributed by atoms with Crippen LogP contribution in [0.3, 0.4) is 0 Å². The average Bonchev–Trinajstić information content (AvgIpc) is 2.51. The highest BCUT2D eigenvalue weighted by Crippen LogP contribution is 2.17. The molecule has 0 saturated carbocycles. The largest absolute Gasteiger partial charge is 0.328 e. The lowest BCUT2D eigenvalue weighted by atomic mass is 10.0. The van der Waals surface area contributed by atoms with Crippen molar-refractivity contribution in [1.29, 1.82) is 0 Å². The molecular formula is C19H22N2O. The summed E-state index contributed by atoms with van der Waals surface area (Å²) in [6.07, 6.45) is 5.23. The number of rotatable bonds is 4. The normalized spacial score (nSPS) is 11.6. The molecule has 0 aliphatic heterocycles. The van der Waals surface area contributed by atoms with Gasteiger partial charge in [-0.05, 0) is 44.5 Å². The molecule has 22 heavy (non-hydrogen) atoms. The van der Waals surface area contributed by atoms with Crippen molar-refractivity contribution in [2.24, 2.45) is 0 Å². The van der Waals surface area contributed by atoms with E-state index in [-0.39, 0.29) is 11.4 Å². The standard InChI is InChI=1S/C19H22N2O/c1-19(2,3)21(15-17-11-7-8-14-20-17)18(22)13-12-16-9-5-4-6-10-16/h4-14H,15H2,1-3H3/b13-12+. The molecule has 2 aromatic rings. The third-order valence-corrected chi connectivity index (χ3v) is 3.34. The molecule has 2 rings (SSSR count). The summed E-state index contributed by atoms with van der Waals surface area (Å²) in [5.74, 6) is -0.0120. The Morgan fingerprint density at radius 1 is 1.09 bits per heavy atom. The van der Waals surface area contributed by atoms with Crippen molar-refractivity contribution in [2.75, 3.05) is 0 Å². The number of hydrogen-bond donors (Lipinski definition) is 0. The van der Waals surface area contributed by atoms with Crippen molar-refractivity contribution < 1.29 is 4.79 Å². The van der Waals surface area contributed by atoms with Crippen molar-refractivity contribution in [3.05, 3.63) is 72.1 Å². The van der Waals surface area contributed by atoms with Crippen molar-refractivity contribution in [2.45, 2.75) is 32.9 Å². The molecule has 0 aliphatic rings. The van der Waals surface area contributed by atoms with Gasteiger partial charge in [-0.15, -0.1) is 0 Å². The van der Waals surface area contributed by atoms with E-state index in [0.717, 1.165) is 11.3 Å². The van der Waals surface area contributed by atoms with Crippen LogP contribution in [0.4, 0.5) is 0 Å². The fraction of sp³-hybridized carbons (Fsp3) is 0.263. The first kappa shape index (κ1) is 16.0. The molecule has 0 N–H and O–H groups in total. The summed E-state index contributed by atoms with van der Waals surface area (Å²) in [4.78, 5) is 18.7. The first-order valence-electron chi connectivity index (χ1n) is 7.41. The highest BCUT2D eigenvalue weighted by molar-refractivity contribution is 5.92. The zero-order valence-electron chi connectivity index (χ0n) is 13.4. The van der Waals surface area contributed by atoms with E-state index in [2.05, 4.69) is 4.98 Å². The molecule has 0 aliphatic carbocycles. The van der Waals surface area contributed by atoms with Gasteiger partial charge in [0.05, 0.1) is 12.2 Å². The summed E-state index contributed by atoms with van der Waals surface area (Å²) in [6, 6.07) is 15.6. The predicted molar refractivity (Wildman–Crippen MR) is 90.0 cm³/mol. The summed E-state index contributed by atoms with van der Waals surface area (Å²) < 4.78 is 0. The lowest BCUT2D eigenvalue weighted by Gasteiger charge is -2.34. The lowest BCUT2D eigenvalue weighted by molar-refractivity contribution is -0.131. The summed E-state index contributed by atoms with van der Waals surface area (Å²) in [6.45, 7) is 6.60. The minimum absolute atomic E-state index is 0.0120. The van der Waals surface area contributed by atoms with Crippen molar-refractivity contribution in [3.63, 3.8) is 0 Å². The molecule has 1 amide bonds. The zero-order chi connectivity index (χ0) is 16.0. The van der Waals surface area contributed by atoms with Crippen LogP contribution in [0.2, 0.25) is 0 Å². The fourth-order valence-corrected chi connectivity index (χ4v) is 2.12. The maximum atomic E-state index is 12.6. The first-order valence-corrected chi connectivity index (χ1v) is 7.41. The molecule has 0 unspecified atom stereocenters. The summed E-state index contributed by atoms with van der Waals surface area (Å²) in [5.41, 5.74) is 1.64. The Morgan fingerprint density at radius 2 is 1.77 bits per heavy atom. The third kappa shape index (κ3) is 4.55. The molecule has 1 aromatic carbocycles. The van der Waals surface area contributed by atoms with Gasteiger partial charge in [0.2, 0.25) is 5.91 Å². The zero-order valence-corrected chi connectivity index (χ0v) is 13.4. The molecule has 0 fully saturated rings. The highest BCUT2D eigenvalue weighted by Gasteiger charge is 2.25. The maximum Gasteiger partial charge on any atom is 0.247 e. The molecule has 1 aromatic heterocycles. The van der Waals surface area contributed by atoms with Gasteiger partial charge in [0.25, 0.3) is 0 Å². The van der Waals surface area contributed by atoms with E-state index in [1.54, 1.807) is 12.3 Å². The van der Waals surface area contributed by atoms with E-state index in [1.165, 1.54) is 0 Å². The van der Waals surface area contributed by atoms with Gasteiger partial charge < -0.3 is 4.90 Å². The molecule has 0 saturated heterocycles. The van der Waals surface area contributed by atoms with Crippen molar-refractivity contribution in [1.82, 2.24) is 9.88 Å². The van der Waals surface area contributed by atoms with Crippen LogP contribution in [-0.4, -0.2) is 21.3 Å². The number of benzene rings is 1. The Kier molecular flexibility index (Phi) is 5.10. The van der Waals surface area contributed by atoms with Crippen LogP contribution < -0.4 is 0 Å². The van der Waals surface area contributed by atoms with E-state index < -0.39 is 0 Å². The molecule has 0 radical (unpaired) electrons. The van der Waals surface area contributed by atoms with Gasteiger partial charge in [0, 0.05) is 17.8 Å². The second-order valence-electron chi connectivity index (χ2n) is 6.16. The number of hydrogen-bond acceptors (Lipinski definition) is 2. The van der Waals surface area contributed by atoms with Gasteiger partial charge in [-0.3, -0.25) is 9.78 Å². The second kappa shape index (κ2) is 7.03. The number of carbonyl (C=O) groups excluding carboxylic acids is 1. The predicted octanol–water partition coefficient (Wildman–Crippen LogP) is 3.92. The quantitative estimate of drug-likeness (QED) is 0.801. The van der Waals surface area contributed by atoms with Crippen LogP contribution in [0.5, 0.6) is 0 Å². The van der Waals surface area contributed by atoms with Gasteiger partial charge in [-0.2, -0.15) is 0 Å². The molecule has 114 valence electrons. The van der Waals surface area contributed by atoms with E-state index in [0.29, 0.717) is 6.54 Å². The smallest absolute Gasteiger partial charge is 0.247 e. The highest BCUT2D eigenvalue weighted by atomic mass is 16.2. The number of pyridine rings is 1. The van der Waals surface area contributed by atoms with Gasteiger partial charge in [0.1, 0.15) is 0 Å². The molecule has 1 heterocycles. The van der Waals surface area contributed by atoms with Crippen LogP contribution in [-0.2, 0) is 11.3 Å². The molecule has 0 atom stereocenters. The molecule has 3 nitrogen and oxygen atoms in total. The van der Waals surface area contributed by atoms with E-state index >= 15 is 0 Å². The Hall–Kier alpha value is -2.42. The van der Waals surface area contributed by atoms with E-state index in [4.69, 9.17) is 0 Å². The average molecular weight is 294 g/mol. The molecule has 0 spiro atoms. The van der Waals surface area contributed by atoms with Gasteiger partial charge >= 0.3 is 0 Å². The minimum Gasteiger partial charge on any atom is -0.328 e. The molecular weight excluding hydrogens is 272 g/mol. The number of amides is 1. The van der Waals surface area contributed by atoms with Gasteiger partial charge in [0.15, 0.2) is 0 Å². The van der Waals surface area contributed by atoms with Crippen LogP contribution in [0.1, 0.15) is 32.0 Å². The van der Waals surface area contributed by atoms with Gasteiger partial charge in [-0.1, -0.05) is 36.4 Å². The number of carbonyl (C=O) groups is 1. The Morgan fingerprint density at radius 3 is 2.36 bits per heavy atom. The molecule has 0 bridgehead atoms. The van der Waals surface area contributed by atoms with E-state index in [1.807, 2.05) is 80.3 Å². The second-order valence-corrected chi connectivity index (χ2v) is 6.16.